The molecule has 0 spiro atoms. The zero-order valence-electron chi connectivity index (χ0n) is 8.46. The molecule has 0 radical (unpaired) electrons. The van der Waals surface area contributed by atoms with Crippen LogP contribution >= 0.6 is 22.9 Å². The van der Waals surface area contributed by atoms with Gasteiger partial charge in [-0.05, 0) is 12.1 Å². The van der Waals surface area contributed by atoms with Crippen LogP contribution in [0, 0.1) is 0 Å². The summed E-state index contributed by atoms with van der Waals surface area (Å²) in [5.74, 6) is -0.611. The lowest BCUT2D eigenvalue weighted by Gasteiger charge is -2.04. The molecule has 16 heavy (non-hydrogen) atoms. The Morgan fingerprint density at radius 2 is 2.06 bits per heavy atom. The number of nitrogens with one attached hydrogen (secondary N) is 2. The van der Waals surface area contributed by atoms with E-state index in [0.717, 1.165) is 4.88 Å². The van der Waals surface area contributed by atoms with Crippen LogP contribution in [0.15, 0.2) is 12.1 Å². The van der Waals surface area contributed by atoms with Gasteiger partial charge in [-0.15, -0.1) is 11.3 Å². The number of carbonyl (C=O) groups is 2. The normalized spacial score (nSPS) is 9.88. The average Bonchev–Trinajstić information content (AvgIpc) is 2.69. The molecular formula is C9H12ClN3O2S. The van der Waals surface area contributed by atoms with E-state index >= 15 is 0 Å². The van der Waals surface area contributed by atoms with Crippen LogP contribution in [0.4, 0.5) is 0 Å². The van der Waals surface area contributed by atoms with Gasteiger partial charge in [-0.1, -0.05) is 11.6 Å². The molecule has 1 aromatic heterocycles. The van der Waals surface area contributed by atoms with Gasteiger partial charge >= 0.3 is 0 Å². The zero-order chi connectivity index (χ0) is 12.0. The van der Waals surface area contributed by atoms with Gasteiger partial charge in [-0.25, -0.2) is 0 Å². The summed E-state index contributed by atoms with van der Waals surface area (Å²) in [6.07, 6.45) is 0. The molecule has 1 aromatic rings. The third kappa shape index (κ3) is 4.61. The molecule has 0 aliphatic heterocycles. The summed E-state index contributed by atoms with van der Waals surface area (Å²) in [6.45, 7) is 0.234. The molecule has 0 fully saturated rings. The van der Waals surface area contributed by atoms with Crippen molar-refractivity contribution < 1.29 is 9.59 Å². The van der Waals surface area contributed by atoms with Crippen LogP contribution in [-0.4, -0.2) is 24.9 Å². The van der Waals surface area contributed by atoms with Crippen LogP contribution in [-0.2, 0) is 16.1 Å². The van der Waals surface area contributed by atoms with Gasteiger partial charge in [0.2, 0.25) is 11.8 Å². The van der Waals surface area contributed by atoms with Gasteiger partial charge in [0.15, 0.2) is 0 Å². The Hall–Kier alpha value is -1.11. The molecule has 0 saturated carbocycles. The van der Waals surface area contributed by atoms with Crippen molar-refractivity contribution in [2.24, 2.45) is 5.73 Å². The van der Waals surface area contributed by atoms with Crippen molar-refractivity contribution in [2.45, 2.75) is 6.54 Å². The van der Waals surface area contributed by atoms with E-state index in [1.807, 2.05) is 6.07 Å². The number of carbonyl (C=O) groups excluding carboxylic acids is 2. The standard InChI is InChI=1S/C9H12ClN3O2S/c10-7-2-1-6(16-7)4-12-9(15)5-13-8(14)3-11/h1-2H,3-5,11H2,(H,12,15)(H,13,14). The first-order valence-electron chi connectivity index (χ1n) is 4.59. The van der Waals surface area contributed by atoms with E-state index in [2.05, 4.69) is 10.6 Å². The van der Waals surface area contributed by atoms with Gasteiger partial charge in [-0.2, -0.15) is 0 Å². The molecule has 1 heterocycles. The number of halogens is 1. The van der Waals surface area contributed by atoms with E-state index in [9.17, 15) is 9.59 Å². The SMILES string of the molecule is NCC(=O)NCC(=O)NCc1ccc(Cl)s1. The average molecular weight is 262 g/mol. The minimum Gasteiger partial charge on any atom is -0.350 e. The molecule has 0 saturated heterocycles. The maximum Gasteiger partial charge on any atom is 0.239 e. The van der Waals surface area contributed by atoms with Crippen LogP contribution in [0.5, 0.6) is 0 Å². The quantitative estimate of drug-likeness (QED) is 0.703. The van der Waals surface area contributed by atoms with Crippen LogP contribution in [0.2, 0.25) is 4.34 Å². The highest BCUT2D eigenvalue weighted by molar-refractivity contribution is 7.16. The Morgan fingerprint density at radius 1 is 1.31 bits per heavy atom. The summed E-state index contributed by atoms with van der Waals surface area (Å²) < 4.78 is 0.681. The van der Waals surface area contributed by atoms with Gasteiger partial charge in [-0.3, -0.25) is 9.59 Å². The highest BCUT2D eigenvalue weighted by Gasteiger charge is 2.04. The molecule has 5 nitrogen and oxygen atoms in total. The fourth-order valence-electron chi connectivity index (χ4n) is 0.946. The number of nitrogens with two attached hydrogens (primary N) is 1. The number of rotatable bonds is 5. The van der Waals surface area contributed by atoms with Crippen LogP contribution in [0.1, 0.15) is 4.88 Å². The second-order valence-electron chi connectivity index (χ2n) is 2.96. The Bertz CT molecular complexity index is 381. The summed E-state index contributed by atoms with van der Waals surface area (Å²) in [6, 6.07) is 3.61. The van der Waals surface area contributed by atoms with Crippen molar-refractivity contribution in [1.82, 2.24) is 10.6 Å². The highest BCUT2D eigenvalue weighted by atomic mass is 35.5. The molecule has 1 rings (SSSR count). The van der Waals surface area contributed by atoms with Crippen molar-refractivity contribution in [2.75, 3.05) is 13.1 Å². The predicted molar refractivity (Wildman–Crippen MR) is 63.2 cm³/mol. The lowest BCUT2D eigenvalue weighted by atomic mass is 10.4. The Labute approximate surface area is 102 Å². The van der Waals surface area contributed by atoms with Gasteiger partial charge in [0.25, 0.3) is 0 Å². The lowest BCUT2D eigenvalue weighted by Crippen LogP contribution is -2.39. The summed E-state index contributed by atoms with van der Waals surface area (Å²) in [5.41, 5.74) is 5.07. The smallest absolute Gasteiger partial charge is 0.239 e. The molecular weight excluding hydrogens is 250 g/mol. The van der Waals surface area contributed by atoms with Gasteiger partial charge < -0.3 is 16.4 Å². The second kappa shape index (κ2) is 6.47. The number of hydrogen-bond acceptors (Lipinski definition) is 4. The topological polar surface area (TPSA) is 84.2 Å². The van der Waals surface area contributed by atoms with Crippen LogP contribution < -0.4 is 16.4 Å². The number of amides is 2. The van der Waals surface area contributed by atoms with E-state index in [-0.39, 0.29) is 24.9 Å². The second-order valence-corrected chi connectivity index (χ2v) is 4.76. The van der Waals surface area contributed by atoms with Crippen molar-refractivity contribution in [3.05, 3.63) is 21.3 Å². The molecule has 0 bridgehead atoms. The molecule has 7 heteroatoms. The molecule has 0 aliphatic rings. The van der Waals surface area contributed by atoms with E-state index < -0.39 is 0 Å². The Kier molecular flexibility index (Phi) is 5.24. The fourth-order valence-corrected chi connectivity index (χ4v) is 1.97. The Morgan fingerprint density at radius 3 is 2.62 bits per heavy atom. The van der Waals surface area contributed by atoms with Gasteiger partial charge in [0, 0.05) is 4.88 Å². The molecule has 88 valence electrons. The lowest BCUT2D eigenvalue weighted by molar-refractivity contribution is -0.125. The van der Waals surface area contributed by atoms with Crippen molar-refractivity contribution in [1.29, 1.82) is 0 Å². The molecule has 0 aromatic carbocycles. The largest absolute Gasteiger partial charge is 0.350 e. The summed E-state index contributed by atoms with van der Waals surface area (Å²) >= 11 is 7.13. The van der Waals surface area contributed by atoms with Crippen molar-refractivity contribution >= 4 is 34.8 Å². The summed E-state index contributed by atoms with van der Waals surface area (Å²) in [7, 11) is 0. The Balaban J connectivity index is 2.22. The zero-order valence-corrected chi connectivity index (χ0v) is 10.0. The van der Waals surface area contributed by atoms with E-state index in [1.54, 1.807) is 6.07 Å². The van der Waals surface area contributed by atoms with E-state index in [0.29, 0.717) is 10.9 Å². The van der Waals surface area contributed by atoms with Gasteiger partial charge in [0.1, 0.15) is 0 Å². The molecule has 0 unspecified atom stereocenters. The first kappa shape index (κ1) is 13.0. The van der Waals surface area contributed by atoms with Crippen molar-refractivity contribution in [3.63, 3.8) is 0 Å². The minimum atomic E-state index is -0.352. The molecule has 4 N–H and O–H groups in total. The fraction of sp³-hybridized carbons (Fsp3) is 0.333. The first-order chi connectivity index (χ1) is 7.61. The molecule has 2 amide bonds. The van der Waals surface area contributed by atoms with Gasteiger partial charge in [0.05, 0.1) is 24.0 Å². The maximum atomic E-state index is 11.2. The molecule has 0 atom stereocenters. The maximum absolute atomic E-state index is 11.2. The number of thiophene rings is 1. The summed E-state index contributed by atoms with van der Waals surface area (Å²) in [5, 5.41) is 5.02. The first-order valence-corrected chi connectivity index (χ1v) is 5.79. The van der Waals surface area contributed by atoms with E-state index in [4.69, 9.17) is 17.3 Å². The minimum absolute atomic E-state index is 0.0604. The summed E-state index contributed by atoms with van der Waals surface area (Å²) in [4.78, 5) is 23.0. The number of hydrogen-bond donors (Lipinski definition) is 3. The van der Waals surface area contributed by atoms with E-state index in [1.165, 1.54) is 11.3 Å². The predicted octanol–water partition coefficient (Wildman–Crippen LogP) is 0.0926. The monoisotopic (exact) mass is 261 g/mol. The van der Waals surface area contributed by atoms with Crippen LogP contribution in [0.3, 0.4) is 0 Å². The van der Waals surface area contributed by atoms with Crippen molar-refractivity contribution in [3.8, 4) is 0 Å². The third-order valence-corrected chi connectivity index (χ3v) is 2.95. The molecule has 0 aliphatic carbocycles. The van der Waals surface area contributed by atoms with Crippen LogP contribution in [0.25, 0.3) is 0 Å². The highest BCUT2D eigenvalue weighted by Crippen LogP contribution is 2.20. The third-order valence-electron chi connectivity index (χ3n) is 1.72.